The number of ether oxygens (including phenoxy) is 1. The van der Waals surface area contributed by atoms with Crippen LogP contribution in [0, 0.1) is 0 Å². The van der Waals surface area contributed by atoms with Gasteiger partial charge < -0.3 is 14.6 Å². The highest BCUT2D eigenvalue weighted by molar-refractivity contribution is 7.13. The van der Waals surface area contributed by atoms with E-state index in [9.17, 15) is 18.0 Å². The summed E-state index contributed by atoms with van der Waals surface area (Å²) in [5.74, 6) is 0.121. The van der Waals surface area contributed by atoms with Gasteiger partial charge in [-0.3, -0.25) is 4.79 Å². The lowest BCUT2D eigenvalue weighted by atomic mass is 10.1. The van der Waals surface area contributed by atoms with Gasteiger partial charge in [0.2, 0.25) is 0 Å². The van der Waals surface area contributed by atoms with Crippen LogP contribution in [-0.2, 0) is 24.1 Å². The Kier molecular flexibility index (Phi) is 5.51. The molecule has 1 aromatic carbocycles. The summed E-state index contributed by atoms with van der Waals surface area (Å²) in [6, 6.07) is 4.59. The monoisotopic (exact) mass is 398 g/mol. The van der Waals surface area contributed by atoms with Crippen LogP contribution in [0.5, 0.6) is 0 Å². The molecule has 27 heavy (non-hydrogen) atoms. The molecule has 3 rings (SSSR count). The predicted octanol–water partition coefficient (Wildman–Crippen LogP) is 3.29. The van der Waals surface area contributed by atoms with Crippen molar-refractivity contribution in [2.45, 2.75) is 19.3 Å². The summed E-state index contributed by atoms with van der Waals surface area (Å²) >= 11 is 1.16. The van der Waals surface area contributed by atoms with Crippen LogP contribution < -0.4 is 5.32 Å². The van der Waals surface area contributed by atoms with Crippen molar-refractivity contribution in [2.24, 2.45) is 0 Å². The van der Waals surface area contributed by atoms with E-state index in [1.807, 2.05) is 0 Å². The molecule has 2 aromatic heterocycles. The first kappa shape index (κ1) is 19.0. The highest BCUT2D eigenvalue weighted by Gasteiger charge is 2.30. The number of amides is 1. The van der Waals surface area contributed by atoms with Crippen LogP contribution in [0.4, 0.5) is 13.2 Å². The minimum absolute atomic E-state index is 0.0409. The van der Waals surface area contributed by atoms with E-state index in [4.69, 9.17) is 9.26 Å². The first-order chi connectivity index (χ1) is 12.9. The summed E-state index contributed by atoms with van der Waals surface area (Å²) in [6.07, 6.45) is -4.40. The van der Waals surface area contributed by atoms with Crippen molar-refractivity contribution in [2.75, 3.05) is 7.11 Å². The lowest BCUT2D eigenvalue weighted by Gasteiger charge is -2.06. The quantitative estimate of drug-likeness (QED) is 0.685. The molecular formula is C16H13F3N4O3S. The fourth-order valence-electron chi connectivity index (χ4n) is 2.11. The number of halogens is 3. The third-order valence-corrected chi connectivity index (χ3v) is 4.27. The SMILES string of the molecule is COCc1nc(CNC(=O)c2csc(-c3ccc(C(F)(F)F)cc3)n2)no1. The van der Waals surface area contributed by atoms with E-state index in [0.29, 0.717) is 16.5 Å². The number of nitrogens with one attached hydrogen (secondary N) is 1. The Morgan fingerprint density at radius 3 is 2.67 bits per heavy atom. The van der Waals surface area contributed by atoms with Crippen LogP contribution in [0.15, 0.2) is 34.2 Å². The maximum Gasteiger partial charge on any atom is 0.416 e. The molecule has 0 saturated heterocycles. The van der Waals surface area contributed by atoms with Gasteiger partial charge in [0, 0.05) is 18.1 Å². The molecule has 1 N–H and O–H groups in total. The highest BCUT2D eigenvalue weighted by Crippen LogP contribution is 2.31. The Morgan fingerprint density at radius 1 is 1.26 bits per heavy atom. The normalized spacial score (nSPS) is 11.6. The molecule has 3 aromatic rings. The number of carbonyl (C=O) groups is 1. The highest BCUT2D eigenvalue weighted by atomic mass is 32.1. The molecule has 7 nitrogen and oxygen atoms in total. The van der Waals surface area contributed by atoms with Gasteiger partial charge in [-0.1, -0.05) is 17.3 Å². The molecule has 0 aliphatic carbocycles. The van der Waals surface area contributed by atoms with Gasteiger partial charge in [0.15, 0.2) is 5.82 Å². The second kappa shape index (κ2) is 7.84. The summed E-state index contributed by atoms with van der Waals surface area (Å²) in [5, 5.41) is 8.25. The molecule has 0 atom stereocenters. The van der Waals surface area contributed by atoms with E-state index in [2.05, 4.69) is 20.4 Å². The van der Waals surface area contributed by atoms with Gasteiger partial charge in [-0.25, -0.2) is 4.98 Å². The van der Waals surface area contributed by atoms with Crippen LogP contribution in [0.1, 0.15) is 27.8 Å². The van der Waals surface area contributed by atoms with Gasteiger partial charge in [0.25, 0.3) is 11.8 Å². The number of hydrogen-bond donors (Lipinski definition) is 1. The Morgan fingerprint density at radius 2 is 2.00 bits per heavy atom. The maximum atomic E-state index is 12.6. The molecule has 0 bridgehead atoms. The van der Waals surface area contributed by atoms with Crippen molar-refractivity contribution >= 4 is 17.2 Å². The fraction of sp³-hybridized carbons (Fsp3) is 0.250. The summed E-state index contributed by atoms with van der Waals surface area (Å²) in [6.45, 7) is 0.211. The Hall–Kier alpha value is -2.79. The van der Waals surface area contributed by atoms with Crippen molar-refractivity contribution in [3.05, 3.63) is 52.6 Å². The molecule has 0 aliphatic heterocycles. The number of aromatic nitrogens is 3. The van der Waals surface area contributed by atoms with Crippen molar-refractivity contribution in [3.8, 4) is 10.6 Å². The molecule has 11 heteroatoms. The second-order valence-corrected chi connectivity index (χ2v) is 6.19. The summed E-state index contributed by atoms with van der Waals surface area (Å²) < 4.78 is 47.6. The number of nitrogens with zero attached hydrogens (tertiary/aromatic N) is 3. The number of methoxy groups -OCH3 is 1. The van der Waals surface area contributed by atoms with E-state index in [1.54, 1.807) is 0 Å². The molecule has 0 aliphatic rings. The lowest BCUT2D eigenvalue weighted by Crippen LogP contribution is -2.23. The summed E-state index contributed by atoms with van der Waals surface area (Å²) in [7, 11) is 1.49. The van der Waals surface area contributed by atoms with Crippen LogP contribution in [0.25, 0.3) is 10.6 Å². The van der Waals surface area contributed by atoms with Crippen molar-refractivity contribution in [3.63, 3.8) is 0 Å². The summed E-state index contributed by atoms with van der Waals surface area (Å²) in [4.78, 5) is 20.3. The second-order valence-electron chi connectivity index (χ2n) is 5.33. The molecule has 0 fully saturated rings. The van der Waals surface area contributed by atoms with Gasteiger partial charge in [-0.2, -0.15) is 18.2 Å². The number of carbonyl (C=O) groups excluding carboxylic acids is 1. The topological polar surface area (TPSA) is 90.1 Å². The zero-order chi connectivity index (χ0) is 19.4. The van der Waals surface area contributed by atoms with Crippen LogP contribution in [0.2, 0.25) is 0 Å². The summed E-state index contributed by atoms with van der Waals surface area (Å²) in [5.41, 5.74) is -0.0985. The molecule has 0 spiro atoms. The van der Waals surface area contributed by atoms with E-state index in [1.165, 1.54) is 24.6 Å². The zero-order valence-corrected chi connectivity index (χ0v) is 14.7. The van der Waals surface area contributed by atoms with Crippen molar-refractivity contribution in [1.82, 2.24) is 20.4 Å². The van der Waals surface area contributed by atoms with Crippen LogP contribution >= 0.6 is 11.3 Å². The van der Waals surface area contributed by atoms with Crippen molar-refractivity contribution in [1.29, 1.82) is 0 Å². The molecular weight excluding hydrogens is 385 g/mol. The van der Waals surface area contributed by atoms with Crippen LogP contribution in [0.3, 0.4) is 0 Å². The first-order valence-electron chi connectivity index (χ1n) is 7.58. The Bertz CT molecular complexity index is 922. The van der Waals surface area contributed by atoms with E-state index in [-0.39, 0.29) is 24.7 Å². The third-order valence-electron chi connectivity index (χ3n) is 3.38. The molecule has 0 saturated carbocycles. The zero-order valence-electron chi connectivity index (χ0n) is 13.9. The molecule has 0 unspecified atom stereocenters. The van der Waals surface area contributed by atoms with E-state index < -0.39 is 17.6 Å². The van der Waals surface area contributed by atoms with Gasteiger partial charge in [0.1, 0.15) is 17.3 Å². The molecule has 1 amide bonds. The largest absolute Gasteiger partial charge is 0.416 e. The standard InChI is InChI=1S/C16H13F3N4O3S/c1-25-7-13-22-12(23-26-13)6-20-14(24)11-8-27-15(21-11)9-2-4-10(5-3-9)16(17,18)19/h2-5,8H,6-7H2,1H3,(H,20,24). The lowest BCUT2D eigenvalue weighted by molar-refractivity contribution is -0.137. The average Bonchev–Trinajstić information content (AvgIpc) is 3.29. The average molecular weight is 398 g/mol. The molecule has 0 radical (unpaired) electrons. The molecule has 142 valence electrons. The maximum absolute atomic E-state index is 12.6. The van der Waals surface area contributed by atoms with Gasteiger partial charge >= 0.3 is 6.18 Å². The smallest absolute Gasteiger partial charge is 0.375 e. The first-order valence-corrected chi connectivity index (χ1v) is 8.46. The number of hydrogen-bond acceptors (Lipinski definition) is 7. The van der Waals surface area contributed by atoms with E-state index >= 15 is 0 Å². The number of alkyl halides is 3. The third kappa shape index (κ3) is 4.68. The minimum Gasteiger partial charge on any atom is -0.375 e. The van der Waals surface area contributed by atoms with Crippen molar-refractivity contribution < 1.29 is 27.2 Å². The van der Waals surface area contributed by atoms with Gasteiger partial charge in [0.05, 0.1) is 12.1 Å². The van der Waals surface area contributed by atoms with Gasteiger partial charge in [-0.05, 0) is 12.1 Å². The fourth-order valence-corrected chi connectivity index (χ4v) is 2.91. The number of rotatable bonds is 6. The van der Waals surface area contributed by atoms with E-state index in [0.717, 1.165) is 23.5 Å². The number of thiazole rings is 1. The predicted molar refractivity (Wildman–Crippen MR) is 88.7 cm³/mol. The number of benzene rings is 1. The Balaban J connectivity index is 1.63. The van der Waals surface area contributed by atoms with Gasteiger partial charge in [-0.15, -0.1) is 11.3 Å². The minimum atomic E-state index is -4.40. The Labute approximate surface area is 155 Å². The van der Waals surface area contributed by atoms with Crippen LogP contribution in [-0.4, -0.2) is 28.1 Å². The molecule has 2 heterocycles.